The van der Waals surface area contributed by atoms with Crippen molar-refractivity contribution < 1.29 is 4.79 Å². The molecule has 0 spiro atoms. The van der Waals surface area contributed by atoms with Gasteiger partial charge in [0.1, 0.15) is 0 Å². The molecule has 0 aromatic heterocycles. The molecule has 3 heteroatoms. The van der Waals surface area contributed by atoms with Gasteiger partial charge in [-0.15, -0.1) is 0 Å². The van der Waals surface area contributed by atoms with Crippen LogP contribution in [0.1, 0.15) is 44.2 Å². The van der Waals surface area contributed by atoms with Crippen molar-refractivity contribution in [1.82, 2.24) is 4.90 Å². The molecule has 1 aliphatic carbocycles. The maximum absolute atomic E-state index is 10.7. The second kappa shape index (κ2) is 6.14. The first kappa shape index (κ1) is 14.0. The minimum atomic E-state index is -0.286. The van der Waals surface area contributed by atoms with Crippen LogP contribution in [0.2, 0.25) is 0 Å². The Morgan fingerprint density at radius 2 is 1.95 bits per heavy atom. The summed E-state index contributed by atoms with van der Waals surface area (Å²) < 4.78 is 0. The van der Waals surface area contributed by atoms with Gasteiger partial charge in [0.2, 0.25) is 6.08 Å². The van der Waals surface area contributed by atoms with Gasteiger partial charge in [-0.3, -0.25) is 4.90 Å². The summed E-state index contributed by atoms with van der Waals surface area (Å²) in [6.45, 7) is 7.35. The van der Waals surface area contributed by atoms with Crippen molar-refractivity contribution in [3.8, 4) is 0 Å². The number of carbonyl (C=O) groups excluding carboxylic acids is 1. The van der Waals surface area contributed by atoms with Crippen molar-refractivity contribution in [2.45, 2.75) is 45.2 Å². The zero-order valence-corrected chi connectivity index (χ0v) is 11.9. The van der Waals surface area contributed by atoms with Gasteiger partial charge in [0.25, 0.3) is 0 Å². The molecule has 0 aliphatic heterocycles. The van der Waals surface area contributed by atoms with E-state index in [1.165, 1.54) is 11.1 Å². The molecule has 3 nitrogen and oxygen atoms in total. The fourth-order valence-corrected chi connectivity index (χ4v) is 2.84. The summed E-state index contributed by atoms with van der Waals surface area (Å²) in [4.78, 5) is 17.2. The number of hydrogen-bond acceptors (Lipinski definition) is 3. The molecule has 1 fully saturated rings. The Labute approximate surface area is 115 Å². The van der Waals surface area contributed by atoms with E-state index in [0.29, 0.717) is 0 Å². The SMILES string of the molecule is CCN(CC)Cc1ccccc1C1(N=C=O)CCC1. The van der Waals surface area contributed by atoms with Crippen LogP contribution < -0.4 is 0 Å². The molecule has 0 atom stereocenters. The first-order valence-corrected chi connectivity index (χ1v) is 7.15. The Morgan fingerprint density at radius 3 is 2.47 bits per heavy atom. The largest absolute Gasteiger partial charge is 0.300 e. The fourth-order valence-electron chi connectivity index (χ4n) is 2.84. The lowest BCUT2D eigenvalue weighted by molar-refractivity contribution is 0.245. The topological polar surface area (TPSA) is 32.7 Å². The first-order chi connectivity index (χ1) is 9.25. The normalized spacial score (nSPS) is 16.8. The van der Waals surface area contributed by atoms with E-state index in [4.69, 9.17) is 0 Å². The van der Waals surface area contributed by atoms with Gasteiger partial charge in [-0.2, -0.15) is 4.99 Å². The van der Waals surface area contributed by atoms with Crippen molar-refractivity contribution >= 4 is 6.08 Å². The Bertz CT molecular complexity index is 469. The summed E-state index contributed by atoms with van der Waals surface area (Å²) in [6.07, 6.45) is 4.86. The molecule has 1 aromatic rings. The first-order valence-electron chi connectivity index (χ1n) is 7.15. The van der Waals surface area contributed by atoms with Crippen LogP contribution in [0.4, 0.5) is 0 Å². The summed E-state index contributed by atoms with van der Waals surface area (Å²) in [5, 5.41) is 0. The number of hydrogen-bond donors (Lipinski definition) is 0. The minimum absolute atomic E-state index is 0.286. The third kappa shape index (κ3) is 2.78. The molecule has 102 valence electrons. The highest BCUT2D eigenvalue weighted by atomic mass is 16.1. The van der Waals surface area contributed by atoms with Gasteiger partial charge in [0.05, 0.1) is 5.54 Å². The van der Waals surface area contributed by atoms with Crippen LogP contribution >= 0.6 is 0 Å². The third-order valence-corrected chi connectivity index (χ3v) is 4.25. The molecule has 0 N–H and O–H groups in total. The molecule has 1 aromatic carbocycles. The van der Waals surface area contributed by atoms with Crippen molar-refractivity contribution in [2.24, 2.45) is 4.99 Å². The minimum Gasteiger partial charge on any atom is -0.300 e. The predicted octanol–water partition coefficient (Wildman–Crippen LogP) is 3.24. The van der Waals surface area contributed by atoms with E-state index in [2.05, 4.69) is 41.9 Å². The molecule has 19 heavy (non-hydrogen) atoms. The average Bonchev–Trinajstić information content (AvgIpc) is 2.41. The zero-order valence-electron chi connectivity index (χ0n) is 11.9. The van der Waals surface area contributed by atoms with Crippen molar-refractivity contribution in [2.75, 3.05) is 13.1 Å². The molecule has 2 rings (SSSR count). The summed E-state index contributed by atoms with van der Waals surface area (Å²) in [7, 11) is 0. The third-order valence-electron chi connectivity index (χ3n) is 4.25. The molecule has 0 saturated heterocycles. The standard InChI is InChI=1S/C16H22N2O/c1-3-18(4-2)12-14-8-5-6-9-15(14)16(17-13-19)10-7-11-16/h5-6,8-9H,3-4,7,10-12H2,1-2H3. The second-order valence-electron chi connectivity index (χ2n) is 5.21. The maximum Gasteiger partial charge on any atom is 0.235 e. The van der Waals surface area contributed by atoms with Crippen molar-refractivity contribution in [3.63, 3.8) is 0 Å². The van der Waals surface area contributed by atoms with E-state index in [0.717, 1.165) is 38.9 Å². The molecule has 0 radical (unpaired) electrons. The van der Waals surface area contributed by atoms with Gasteiger partial charge < -0.3 is 0 Å². The molecule has 1 aliphatic rings. The van der Waals surface area contributed by atoms with Gasteiger partial charge in [-0.05, 0) is 43.5 Å². The number of isocyanates is 1. The lowest BCUT2D eigenvalue weighted by Gasteiger charge is -2.39. The van der Waals surface area contributed by atoms with Crippen LogP contribution in [0, 0.1) is 0 Å². The maximum atomic E-state index is 10.7. The number of nitrogens with zero attached hydrogens (tertiary/aromatic N) is 2. The van der Waals surface area contributed by atoms with E-state index < -0.39 is 0 Å². The van der Waals surface area contributed by atoms with Crippen LogP contribution in [0.5, 0.6) is 0 Å². The molecular formula is C16H22N2O. The smallest absolute Gasteiger partial charge is 0.235 e. The van der Waals surface area contributed by atoms with E-state index >= 15 is 0 Å². The molecule has 0 bridgehead atoms. The molecular weight excluding hydrogens is 236 g/mol. The van der Waals surface area contributed by atoms with Crippen molar-refractivity contribution in [3.05, 3.63) is 35.4 Å². The van der Waals surface area contributed by atoms with Crippen molar-refractivity contribution in [1.29, 1.82) is 0 Å². The van der Waals surface area contributed by atoms with E-state index in [1.807, 2.05) is 6.07 Å². The summed E-state index contributed by atoms with van der Waals surface area (Å²) in [5.74, 6) is 0. The van der Waals surface area contributed by atoms with E-state index in [1.54, 1.807) is 6.08 Å². The van der Waals surface area contributed by atoms with Gasteiger partial charge in [0.15, 0.2) is 0 Å². The highest BCUT2D eigenvalue weighted by molar-refractivity contribution is 5.42. The quantitative estimate of drug-likeness (QED) is 0.579. The highest BCUT2D eigenvalue weighted by Crippen LogP contribution is 2.46. The molecule has 0 unspecified atom stereocenters. The number of aliphatic imine (C=N–C) groups is 1. The fraction of sp³-hybridized carbons (Fsp3) is 0.562. The van der Waals surface area contributed by atoms with Gasteiger partial charge >= 0.3 is 0 Å². The van der Waals surface area contributed by atoms with E-state index in [9.17, 15) is 4.79 Å². The number of rotatable bonds is 6. The Balaban J connectivity index is 2.32. The van der Waals surface area contributed by atoms with Gasteiger partial charge in [-0.25, -0.2) is 4.79 Å². The summed E-state index contributed by atoms with van der Waals surface area (Å²) >= 11 is 0. The lowest BCUT2D eigenvalue weighted by Crippen LogP contribution is -2.34. The van der Waals surface area contributed by atoms with Crippen LogP contribution in [0.15, 0.2) is 29.3 Å². The predicted molar refractivity (Wildman–Crippen MR) is 76.7 cm³/mol. The molecule has 0 amide bonds. The van der Waals surface area contributed by atoms with Crippen LogP contribution in [-0.4, -0.2) is 24.1 Å². The molecule has 1 saturated carbocycles. The van der Waals surface area contributed by atoms with Crippen LogP contribution in [-0.2, 0) is 16.9 Å². The van der Waals surface area contributed by atoms with Gasteiger partial charge in [0, 0.05) is 6.54 Å². The Morgan fingerprint density at radius 1 is 1.26 bits per heavy atom. The summed E-state index contributed by atoms with van der Waals surface area (Å²) in [6, 6.07) is 8.40. The van der Waals surface area contributed by atoms with Gasteiger partial charge in [-0.1, -0.05) is 38.1 Å². The summed E-state index contributed by atoms with van der Waals surface area (Å²) in [5.41, 5.74) is 2.23. The lowest BCUT2D eigenvalue weighted by atomic mass is 9.71. The highest BCUT2D eigenvalue weighted by Gasteiger charge is 2.40. The Kier molecular flexibility index (Phi) is 4.52. The monoisotopic (exact) mass is 258 g/mol. The number of benzene rings is 1. The van der Waals surface area contributed by atoms with Crippen LogP contribution in [0.25, 0.3) is 0 Å². The average molecular weight is 258 g/mol. The van der Waals surface area contributed by atoms with E-state index in [-0.39, 0.29) is 5.54 Å². The molecule has 0 heterocycles. The Hall–Kier alpha value is -1.44. The second-order valence-corrected chi connectivity index (χ2v) is 5.21. The van der Waals surface area contributed by atoms with Crippen LogP contribution in [0.3, 0.4) is 0 Å². The zero-order chi connectivity index (χ0) is 13.7.